The summed E-state index contributed by atoms with van der Waals surface area (Å²) in [6.45, 7) is 2.42. The van der Waals surface area contributed by atoms with Crippen LogP contribution in [0.2, 0.25) is 0 Å². The van der Waals surface area contributed by atoms with E-state index in [2.05, 4.69) is 4.98 Å². The summed E-state index contributed by atoms with van der Waals surface area (Å²) < 4.78 is 5.36. The molecule has 110 valence electrons. The summed E-state index contributed by atoms with van der Waals surface area (Å²) in [5, 5.41) is 8.94. The molecule has 0 saturated heterocycles. The van der Waals surface area contributed by atoms with Crippen molar-refractivity contribution in [3.8, 4) is 6.07 Å². The number of nitrogen functional groups attached to an aromatic ring is 1. The van der Waals surface area contributed by atoms with Gasteiger partial charge in [0.1, 0.15) is 23.6 Å². The second-order valence-electron chi connectivity index (χ2n) is 4.59. The van der Waals surface area contributed by atoms with E-state index in [0.717, 1.165) is 5.56 Å². The fraction of sp³-hybridized carbons (Fsp3) is 0.176. The number of rotatable bonds is 4. The molecule has 0 bridgehead atoms. The lowest BCUT2D eigenvalue weighted by Gasteiger charge is -2.14. The number of allylic oxidation sites excluding steroid dienone is 5. The second-order valence-corrected chi connectivity index (χ2v) is 4.59. The first-order valence-corrected chi connectivity index (χ1v) is 6.79. The molecule has 5 heteroatoms. The van der Waals surface area contributed by atoms with Gasteiger partial charge in [-0.05, 0) is 30.7 Å². The van der Waals surface area contributed by atoms with Gasteiger partial charge in [0.2, 0.25) is 0 Å². The standard InChI is InChI=1S/C17H15N3O2/c1-2-22-16-6-5-13(15(8-16)11-21)4-3-12-7-14(9-18)17(19)20-10-12/h3-8,10,13H,2H2,1H3,(H2,19,20). The van der Waals surface area contributed by atoms with Crippen molar-refractivity contribution in [3.63, 3.8) is 0 Å². The van der Waals surface area contributed by atoms with Gasteiger partial charge in [0, 0.05) is 12.1 Å². The Hall–Kier alpha value is -3.09. The number of hydrogen-bond donors (Lipinski definition) is 1. The zero-order chi connectivity index (χ0) is 15.9. The van der Waals surface area contributed by atoms with E-state index in [1.54, 1.807) is 24.4 Å². The average Bonchev–Trinajstić information content (AvgIpc) is 2.55. The fourth-order valence-corrected chi connectivity index (χ4v) is 2.01. The van der Waals surface area contributed by atoms with E-state index in [4.69, 9.17) is 15.7 Å². The van der Waals surface area contributed by atoms with Crippen molar-refractivity contribution in [2.45, 2.75) is 6.92 Å². The molecule has 2 N–H and O–H groups in total. The number of nitrogens with zero attached hydrogens (tertiary/aromatic N) is 2. The number of nitriles is 1. The molecule has 1 aliphatic carbocycles. The monoisotopic (exact) mass is 293 g/mol. The van der Waals surface area contributed by atoms with Crippen LogP contribution in [0.25, 0.3) is 6.08 Å². The molecule has 1 atom stereocenters. The molecule has 5 nitrogen and oxygen atoms in total. The molecule has 22 heavy (non-hydrogen) atoms. The lowest BCUT2D eigenvalue weighted by Crippen LogP contribution is -2.03. The molecule has 0 aliphatic heterocycles. The van der Waals surface area contributed by atoms with Crippen molar-refractivity contribution in [1.82, 2.24) is 4.98 Å². The van der Waals surface area contributed by atoms with Crippen LogP contribution in [0, 0.1) is 17.2 Å². The van der Waals surface area contributed by atoms with E-state index < -0.39 is 0 Å². The Morgan fingerprint density at radius 2 is 2.36 bits per heavy atom. The van der Waals surface area contributed by atoms with Crippen LogP contribution in [0.4, 0.5) is 5.82 Å². The third kappa shape index (κ3) is 3.51. The van der Waals surface area contributed by atoms with Crippen LogP contribution < -0.4 is 5.73 Å². The van der Waals surface area contributed by atoms with Crippen molar-refractivity contribution < 1.29 is 9.53 Å². The van der Waals surface area contributed by atoms with Crippen LogP contribution in [-0.4, -0.2) is 17.5 Å². The largest absolute Gasteiger partial charge is 0.494 e. The SMILES string of the molecule is CCOC1=CC(=C=O)C(C=Cc2cnc(N)c(C#N)c2)C=C1. The number of pyridine rings is 1. The molecule has 1 aromatic rings. The third-order valence-electron chi connectivity index (χ3n) is 3.11. The van der Waals surface area contributed by atoms with Gasteiger partial charge in [-0.2, -0.15) is 5.26 Å². The van der Waals surface area contributed by atoms with Crippen LogP contribution in [0.15, 0.2) is 47.9 Å². The molecule has 0 spiro atoms. The topological polar surface area (TPSA) is 89.0 Å². The maximum atomic E-state index is 11.1. The van der Waals surface area contributed by atoms with Gasteiger partial charge in [-0.1, -0.05) is 18.2 Å². The van der Waals surface area contributed by atoms with E-state index in [1.165, 1.54) is 0 Å². The molecule has 0 aromatic carbocycles. The third-order valence-corrected chi connectivity index (χ3v) is 3.11. The van der Waals surface area contributed by atoms with Gasteiger partial charge in [-0.15, -0.1) is 0 Å². The van der Waals surface area contributed by atoms with Crippen LogP contribution in [0.1, 0.15) is 18.1 Å². The molecule has 1 aliphatic rings. The average molecular weight is 293 g/mol. The molecule has 1 aromatic heterocycles. The minimum atomic E-state index is -0.190. The van der Waals surface area contributed by atoms with Gasteiger partial charge in [0.15, 0.2) is 0 Å². The quantitative estimate of drug-likeness (QED) is 0.861. The minimum absolute atomic E-state index is 0.190. The summed E-state index contributed by atoms with van der Waals surface area (Å²) in [7, 11) is 0. The molecular formula is C17H15N3O2. The van der Waals surface area contributed by atoms with Crippen LogP contribution in [0.3, 0.4) is 0 Å². The number of hydrogen-bond acceptors (Lipinski definition) is 5. The Labute approximate surface area is 128 Å². The maximum absolute atomic E-state index is 11.1. The van der Waals surface area contributed by atoms with Gasteiger partial charge in [-0.3, -0.25) is 0 Å². The lowest BCUT2D eigenvalue weighted by atomic mass is 9.94. The van der Waals surface area contributed by atoms with Crippen molar-refractivity contribution >= 4 is 17.8 Å². The first-order valence-electron chi connectivity index (χ1n) is 6.79. The normalized spacial score (nSPS) is 17.0. The Bertz CT molecular complexity index is 748. The lowest BCUT2D eigenvalue weighted by molar-refractivity contribution is 0.241. The smallest absolute Gasteiger partial charge is 0.141 e. The highest BCUT2D eigenvalue weighted by molar-refractivity contribution is 5.65. The zero-order valence-electron chi connectivity index (χ0n) is 12.1. The summed E-state index contributed by atoms with van der Waals surface area (Å²) in [5.41, 5.74) is 7.14. The Balaban J connectivity index is 2.19. The number of ether oxygens (including phenoxy) is 1. The summed E-state index contributed by atoms with van der Waals surface area (Å²) in [6.07, 6.45) is 10.6. The number of carbonyl (C=O) groups excluding carboxylic acids is 1. The molecule has 0 fully saturated rings. The summed E-state index contributed by atoms with van der Waals surface area (Å²) in [4.78, 5) is 15.0. The highest BCUT2D eigenvalue weighted by Gasteiger charge is 2.13. The maximum Gasteiger partial charge on any atom is 0.141 e. The van der Waals surface area contributed by atoms with Crippen LogP contribution in [0.5, 0.6) is 0 Å². The highest BCUT2D eigenvalue weighted by Crippen LogP contribution is 2.23. The van der Waals surface area contributed by atoms with E-state index in [0.29, 0.717) is 23.5 Å². The van der Waals surface area contributed by atoms with Gasteiger partial charge >= 0.3 is 0 Å². The predicted molar refractivity (Wildman–Crippen MR) is 83.9 cm³/mol. The number of nitrogens with two attached hydrogens (primary N) is 1. The number of aromatic nitrogens is 1. The van der Waals surface area contributed by atoms with Crippen LogP contribution in [-0.2, 0) is 9.53 Å². The molecule has 1 heterocycles. The first-order chi connectivity index (χ1) is 10.7. The van der Waals surface area contributed by atoms with Crippen molar-refractivity contribution in [2.75, 3.05) is 12.3 Å². The van der Waals surface area contributed by atoms with Gasteiger partial charge < -0.3 is 10.5 Å². The second kappa shape index (κ2) is 7.07. The summed E-state index contributed by atoms with van der Waals surface area (Å²) in [6, 6.07) is 3.63. The first kappa shape index (κ1) is 15.3. The summed E-state index contributed by atoms with van der Waals surface area (Å²) >= 11 is 0. The van der Waals surface area contributed by atoms with Gasteiger partial charge in [0.25, 0.3) is 0 Å². The Kier molecular flexibility index (Phi) is 4.92. The van der Waals surface area contributed by atoms with Crippen molar-refractivity contribution in [1.29, 1.82) is 5.26 Å². The molecule has 2 rings (SSSR count). The molecule has 0 saturated carbocycles. The van der Waals surface area contributed by atoms with E-state index in [-0.39, 0.29) is 11.7 Å². The molecule has 0 radical (unpaired) electrons. The molecular weight excluding hydrogens is 278 g/mol. The van der Waals surface area contributed by atoms with Gasteiger partial charge in [-0.25, -0.2) is 9.78 Å². The predicted octanol–water partition coefficient (Wildman–Crippen LogP) is 2.41. The molecule has 0 amide bonds. The minimum Gasteiger partial charge on any atom is -0.494 e. The fourth-order valence-electron chi connectivity index (χ4n) is 2.01. The number of anilines is 1. The van der Waals surface area contributed by atoms with Gasteiger partial charge in [0.05, 0.1) is 17.7 Å². The van der Waals surface area contributed by atoms with Crippen LogP contribution >= 0.6 is 0 Å². The summed E-state index contributed by atoms with van der Waals surface area (Å²) in [5.74, 6) is 2.59. The van der Waals surface area contributed by atoms with Crippen molar-refractivity contribution in [3.05, 3.63) is 59.0 Å². The Morgan fingerprint density at radius 1 is 1.55 bits per heavy atom. The highest BCUT2D eigenvalue weighted by atomic mass is 16.5. The van der Waals surface area contributed by atoms with E-state index >= 15 is 0 Å². The molecule has 1 unspecified atom stereocenters. The zero-order valence-corrected chi connectivity index (χ0v) is 12.1. The van der Waals surface area contributed by atoms with E-state index in [1.807, 2.05) is 37.2 Å². The van der Waals surface area contributed by atoms with E-state index in [9.17, 15) is 4.79 Å². The Morgan fingerprint density at radius 3 is 3.05 bits per heavy atom. The van der Waals surface area contributed by atoms with Crippen molar-refractivity contribution in [2.24, 2.45) is 5.92 Å².